The van der Waals surface area contributed by atoms with Crippen LogP contribution < -0.4 is 0 Å². The van der Waals surface area contributed by atoms with Crippen LogP contribution in [-0.4, -0.2) is 34.5 Å². The van der Waals surface area contributed by atoms with Crippen LogP contribution in [0.3, 0.4) is 0 Å². The molecule has 0 saturated heterocycles. The maximum atomic E-state index is 2.44. The van der Waals surface area contributed by atoms with Gasteiger partial charge in [-0.2, -0.15) is 0 Å². The zero-order valence-electron chi connectivity index (χ0n) is 14.9. The van der Waals surface area contributed by atoms with Gasteiger partial charge in [0.2, 0.25) is 0 Å². The third-order valence-corrected chi connectivity index (χ3v) is 16.7. The predicted octanol–water partition coefficient (Wildman–Crippen LogP) is 6.32. The van der Waals surface area contributed by atoms with Gasteiger partial charge in [0.15, 0.2) is 0 Å². The van der Waals surface area contributed by atoms with E-state index in [1.807, 2.05) is 0 Å². The van der Waals surface area contributed by atoms with Crippen LogP contribution in [0.2, 0.25) is 0 Å². The largest absolute Gasteiger partial charge is 0.274 e. The fraction of sp³-hybridized carbons (Fsp3) is 1.00. The van der Waals surface area contributed by atoms with E-state index in [9.17, 15) is 0 Å². The highest BCUT2D eigenvalue weighted by atomic mass is 32.4. The molecule has 0 bridgehead atoms. The smallest absolute Gasteiger partial charge is 0.0338 e. The second-order valence-electron chi connectivity index (χ2n) is 7.29. The average molecular weight is 291 g/mol. The molecule has 0 aromatic heterocycles. The van der Waals surface area contributed by atoms with Gasteiger partial charge in [0, 0.05) is 0 Å². The standard InChI is InChI=1S/C18H42S/c1-7-13-19(14-8-2,15-9-3,16-10-4,17-11-5)18-12-6/h7-18H2,1-6H3. The summed E-state index contributed by atoms with van der Waals surface area (Å²) in [7, 11) is -1.84. The molecule has 0 aromatic carbocycles. The molecule has 0 spiro atoms. The first-order valence-corrected chi connectivity index (χ1v) is 12.4. The first-order valence-electron chi connectivity index (χ1n) is 8.97. The first kappa shape index (κ1) is 19.4. The zero-order chi connectivity index (χ0) is 14.9. The predicted molar refractivity (Wildman–Crippen MR) is 98.5 cm³/mol. The molecule has 19 heavy (non-hydrogen) atoms. The van der Waals surface area contributed by atoms with Crippen molar-refractivity contribution in [3.05, 3.63) is 0 Å². The molecule has 0 fully saturated rings. The highest BCUT2D eigenvalue weighted by Gasteiger charge is 2.55. The van der Waals surface area contributed by atoms with Crippen LogP contribution >= 0.6 is 8.29 Å². The van der Waals surface area contributed by atoms with E-state index in [2.05, 4.69) is 41.5 Å². The Kier molecular flexibility index (Phi) is 7.52. The van der Waals surface area contributed by atoms with Gasteiger partial charge in [-0.25, -0.2) is 0 Å². The van der Waals surface area contributed by atoms with Crippen molar-refractivity contribution in [2.75, 3.05) is 34.5 Å². The van der Waals surface area contributed by atoms with Crippen LogP contribution in [0.1, 0.15) is 80.1 Å². The van der Waals surface area contributed by atoms with Gasteiger partial charge in [-0.05, 0) is 73.0 Å². The molecule has 120 valence electrons. The van der Waals surface area contributed by atoms with Gasteiger partial charge in [0.05, 0.1) is 0 Å². The summed E-state index contributed by atoms with van der Waals surface area (Å²) in [6.07, 6.45) is 8.43. The van der Waals surface area contributed by atoms with Crippen LogP contribution in [0, 0.1) is 0 Å². The molecular formula is C18H42S. The highest BCUT2D eigenvalue weighted by molar-refractivity contribution is 8.64. The van der Waals surface area contributed by atoms with Crippen molar-refractivity contribution >= 4 is 8.29 Å². The molecule has 0 aliphatic rings. The quantitative estimate of drug-likeness (QED) is 0.394. The van der Waals surface area contributed by atoms with Crippen molar-refractivity contribution in [2.45, 2.75) is 80.1 Å². The van der Waals surface area contributed by atoms with Gasteiger partial charge >= 0.3 is 0 Å². The van der Waals surface area contributed by atoms with Gasteiger partial charge in [0.25, 0.3) is 0 Å². The molecule has 1 heteroatoms. The van der Waals surface area contributed by atoms with E-state index in [1.54, 1.807) is 34.5 Å². The summed E-state index contributed by atoms with van der Waals surface area (Å²) in [4.78, 5) is 0. The Balaban J connectivity index is 6.00. The maximum absolute atomic E-state index is 2.44. The van der Waals surface area contributed by atoms with Crippen molar-refractivity contribution in [1.29, 1.82) is 0 Å². The van der Waals surface area contributed by atoms with Gasteiger partial charge in [0.1, 0.15) is 0 Å². The minimum Gasteiger partial charge on any atom is -0.274 e. The number of hydrogen-bond acceptors (Lipinski definition) is 0. The lowest BCUT2D eigenvalue weighted by atomic mass is 10.5. The minimum atomic E-state index is -1.84. The Morgan fingerprint density at radius 3 is 0.632 bits per heavy atom. The molecule has 0 saturated carbocycles. The Morgan fingerprint density at radius 1 is 0.368 bits per heavy atom. The van der Waals surface area contributed by atoms with Gasteiger partial charge < -0.3 is 0 Å². The first-order chi connectivity index (χ1) is 8.97. The van der Waals surface area contributed by atoms with Crippen molar-refractivity contribution in [2.24, 2.45) is 0 Å². The monoisotopic (exact) mass is 290 g/mol. The summed E-state index contributed by atoms with van der Waals surface area (Å²) in [5.41, 5.74) is 0. The molecule has 0 rings (SSSR count). The Hall–Kier alpha value is 0.350. The van der Waals surface area contributed by atoms with Gasteiger partial charge in [-0.15, -0.1) is 0 Å². The summed E-state index contributed by atoms with van der Waals surface area (Å²) < 4.78 is 0. The molecule has 0 atom stereocenters. The van der Waals surface area contributed by atoms with Crippen molar-refractivity contribution in [3.63, 3.8) is 0 Å². The van der Waals surface area contributed by atoms with Crippen LogP contribution in [0.15, 0.2) is 0 Å². The third-order valence-electron chi connectivity index (χ3n) is 5.55. The molecule has 0 heterocycles. The fourth-order valence-electron chi connectivity index (χ4n) is 5.86. The zero-order valence-corrected chi connectivity index (χ0v) is 15.7. The second-order valence-corrected chi connectivity index (χ2v) is 15.9. The Labute approximate surface area is 123 Å². The molecule has 0 amide bonds. The molecule has 0 aliphatic carbocycles. The van der Waals surface area contributed by atoms with E-state index in [-0.39, 0.29) is 0 Å². The Morgan fingerprint density at radius 2 is 0.526 bits per heavy atom. The highest BCUT2D eigenvalue weighted by Crippen LogP contribution is 2.90. The SMILES string of the molecule is CCCS(CCC)(CCC)(CCC)(CCC)CCC. The second kappa shape index (κ2) is 7.38. The van der Waals surface area contributed by atoms with Gasteiger partial charge in [-0.1, -0.05) is 41.5 Å². The lowest BCUT2D eigenvalue weighted by Gasteiger charge is -2.81. The molecule has 0 aromatic rings. The number of rotatable bonds is 12. The summed E-state index contributed by atoms with van der Waals surface area (Å²) in [6, 6.07) is 0. The summed E-state index contributed by atoms with van der Waals surface area (Å²) in [6.45, 7) is 14.6. The lowest BCUT2D eigenvalue weighted by molar-refractivity contribution is 0.876. The number of hydrogen-bond donors (Lipinski definition) is 0. The molecule has 0 aliphatic heterocycles. The molecular weight excluding hydrogens is 248 g/mol. The summed E-state index contributed by atoms with van der Waals surface area (Å²) >= 11 is 0. The van der Waals surface area contributed by atoms with Crippen molar-refractivity contribution < 1.29 is 0 Å². The van der Waals surface area contributed by atoms with Gasteiger partial charge in [-0.3, -0.25) is 8.29 Å². The van der Waals surface area contributed by atoms with Crippen molar-refractivity contribution in [1.82, 2.24) is 0 Å². The third kappa shape index (κ3) is 3.71. The summed E-state index contributed by atoms with van der Waals surface area (Å²) in [5.74, 6) is 9.40. The van der Waals surface area contributed by atoms with Crippen LogP contribution in [-0.2, 0) is 0 Å². The van der Waals surface area contributed by atoms with E-state index < -0.39 is 8.29 Å². The Bertz CT molecular complexity index is 173. The van der Waals surface area contributed by atoms with E-state index >= 15 is 0 Å². The molecule has 0 nitrogen and oxygen atoms in total. The van der Waals surface area contributed by atoms with E-state index in [1.165, 1.54) is 38.5 Å². The fourth-order valence-corrected chi connectivity index (χ4v) is 17.6. The molecule has 0 N–H and O–H groups in total. The summed E-state index contributed by atoms with van der Waals surface area (Å²) in [5, 5.41) is 0. The normalized spacial score (nSPS) is 16.1. The van der Waals surface area contributed by atoms with E-state index in [4.69, 9.17) is 0 Å². The van der Waals surface area contributed by atoms with Crippen LogP contribution in [0.4, 0.5) is 0 Å². The maximum Gasteiger partial charge on any atom is -0.0338 e. The van der Waals surface area contributed by atoms with Crippen LogP contribution in [0.5, 0.6) is 0 Å². The van der Waals surface area contributed by atoms with E-state index in [0.29, 0.717) is 0 Å². The van der Waals surface area contributed by atoms with Crippen LogP contribution in [0.25, 0.3) is 0 Å². The minimum absolute atomic E-state index is 1.40. The topological polar surface area (TPSA) is 0 Å². The lowest BCUT2D eigenvalue weighted by Crippen LogP contribution is -2.53. The molecule has 0 radical (unpaired) electrons. The molecule has 0 unspecified atom stereocenters. The van der Waals surface area contributed by atoms with E-state index in [0.717, 1.165) is 0 Å². The average Bonchev–Trinajstić information content (AvgIpc) is 2.31. The van der Waals surface area contributed by atoms with Crippen molar-refractivity contribution in [3.8, 4) is 0 Å².